The number of aromatic nitrogens is 2. The van der Waals surface area contributed by atoms with Gasteiger partial charge >= 0.3 is 0 Å². The highest BCUT2D eigenvalue weighted by atomic mass is 15.3. The lowest BCUT2D eigenvalue weighted by atomic mass is 10.1. The zero-order chi connectivity index (χ0) is 13.0. The lowest BCUT2D eigenvalue weighted by Crippen LogP contribution is -2.22. The maximum Gasteiger partial charge on any atom is 0.225 e. The van der Waals surface area contributed by atoms with Crippen LogP contribution in [0.2, 0.25) is 0 Å². The fourth-order valence-electron chi connectivity index (χ4n) is 2.58. The molecule has 0 spiro atoms. The second-order valence-electron chi connectivity index (χ2n) is 5.07. The van der Waals surface area contributed by atoms with Gasteiger partial charge < -0.3 is 10.2 Å². The molecule has 4 heteroatoms. The van der Waals surface area contributed by atoms with Gasteiger partial charge in [-0.2, -0.15) is 0 Å². The minimum atomic E-state index is 0.930. The molecule has 0 bridgehead atoms. The van der Waals surface area contributed by atoms with Crippen LogP contribution in [0.3, 0.4) is 0 Å². The van der Waals surface area contributed by atoms with Crippen molar-refractivity contribution in [1.29, 1.82) is 0 Å². The van der Waals surface area contributed by atoms with Gasteiger partial charge in [-0.25, -0.2) is 9.97 Å². The maximum atomic E-state index is 4.69. The SMILES string of the molecule is CNCCCc1c(C)nc(N2CCCC2)nc1C. The van der Waals surface area contributed by atoms with Gasteiger partial charge in [0.1, 0.15) is 0 Å². The Labute approximate surface area is 110 Å². The first-order valence-corrected chi connectivity index (χ1v) is 6.96. The van der Waals surface area contributed by atoms with Gasteiger partial charge in [-0.15, -0.1) is 0 Å². The van der Waals surface area contributed by atoms with E-state index in [1.807, 2.05) is 7.05 Å². The van der Waals surface area contributed by atoms with E-state index in [1.54, 1.807) is 0 Å². The van der Waals surface area contributed by atoms with Crippen molar-refractivity contribution >= 4 is 5.95 Å². The van der Waals surface area contributed by atoms with E-state index < -0.39 is 0 Å². The molecule has 0 radical (unpaired) electrons. The molecule has 100 valence electrons. The standard InChI is InChI=1S/C14H24N4/c1-11-13(7-6-8-15-3)12(2)17-14(16-11)18-9-4-5-10-18/h15H,4-10H2,1-3H3. The maximum absolute atomic E-state index is 4.69. The van der Waals surface area contributed by atoms with Gasteiger partial charge in [0.05, 0.1) is 0 Å². The lowest BCUT2D eigenvalue weighted by molar-refractivity contribution is 0.713. The second-order valence-corrected chi connectivity index (χ2v) is 5.07. The summed E-state index contributed by atoms with van der Waals surface area (Å²) in [6, 6.07) is 0. The Kier molecular flexibility index (Phi) is 4.53. The van der Waals surface area contributed by atoms with Gasteiger partial charge in [-0.05, 0) is 58.7 Å². The Morgan fingerprint density at radius 2 is 1.72 bits per heavy atom. The van der Waals surface area contributed by atoms with Crippen molar-refractivity contribution in [3.05, 3.63) is 17.0 Å². The molecular formula is C14H24N4. The molecule has 2 heterocycles. The summed E-state index contributed by atoms with van der Waals surface area (Å²) in [5.41, 5.74) is 3.63. The summed E-state index contributed by atoms with van der Waals surface area (Å²) >= 11 is 0. The molecule has 1 aliphatic heterocycles. The molecule has 0 aliphatic carbocycles. The van der Waals surface area contributed by atoms with Crippen molar-refractivity contribution in [1.82, 2.24) is 15.3 Å². The van der Waals surface area contributed by atoms with Gasteiger partial charge in [0.2, 0.25) is 5.95 Å². The van der Waals surface area contributed by atoms with Gasteiger partial charge in [0.25, 0.3) is 0 Å². The van der Waals surface area contributed by atoms with Crippen molar-refractivity contribution < 1.29 is 0 Å². The van der Waals surface area contributed by atoms with Gasteiger partial charge in [-0.3, -0.25) is 0 Å². The molecule has 4 nitrogen and oxygen atoms in total. The van der Waals surface area contributed by atoms with Crippen LogP contribution < -0.4 is 10.2 Å². The molecule has 1 saturated heterocycles. The molecule has 2 rings (SSSR count). The highest BCUT2D eigenvalue weighted by Crippen LogP contribution is 2.20. The van der Waals surface area contributed by atoms with E-state index in [1.165, 1.54) is 18.4 Å². The molecule has 1 fully saturated rings. The smallest absolute Gasteiger partial charge is 0.225 e. The highest BCUT2D eigenvalue weighted by molar-refractivity contribution is 5.37. The van der Waals surface area contributed by atoms with E-state index in [2.05, 4.69) is 34.0 Å². The molecule has 1 aromatic rings. The van der Waals surface area contributed by atoms with E-state index in [-0.39, 0.29) is 0 Å². The topological polar surface area (TPSA) is 41.1 Å². The van der Waals surface area contributed by atoms with Crippen LogP contribution in [-0.4, -0.2) is 36.6 Å². The largest absolute Gasteiger partial charge is 0.341 e. The minimum absolute atomic E-state index is 0.930. The monoisotopic (exact) mass is 248 g/mol. The molecule has 1 N–H and O–H groups in total. The third kappa shape index (κ3) is 2.99. The van der Waals surface area contributed by atoms with E-state index in [9.17, 15) is 0 Å². The van der Waals surface area contributed by atoms with E-state index in [0.717, 1.165) is 49.8 Å². The first-order valence-electron chi connectivity index (χ1n) is 6.96. The van der Waals surface area contributed by atoms with Crippen molar-refractivity contribution in [2.24, 2.45) is 0 Å². The average Bonchev–Trinajstić information content (AvgIpc) is 2.86. The summed E-state index contributed by atoms with van der Waals surface area (Å²) in [4.78, 5) is 11.7. The normalized spacial score (nSPS) is 15.4. The molecular weight excluding hydrogens is 224 g/mol. The Morgan fingerprint density at radius 1 is 1.11 bits per heavy atom. The Balaban J connectivity index is 2.12. The van der Waals surface area contributed by atoms with Crippen LogP contribution in [0.5, 0.6) is 0 Å². The molecule has 0 aromatic carbocycles. The predicted octanol–water partition coefficient (Wildman–Crippen LogP) is 1.85. The summed E-state index contributed by atoms with van der Waals surface area (Å²) in [6.07, 6.45) is 4.75. The van der Waals surface area contributed by atoms with Gasteiger partial charge in [0, 0.05) is 24.5 Å². The first-order chi connectivity index (χ1) is 8.72. The van der Waals surface area contributed by atoms with Crippen molar-refractivity contribution in [2.75, 3.05) is 31.6 Å². The molecule has 1 aliphatic rings. The number of hydrogen-bond acceptors (Lipinski definition) is 4. The van der Waals surface area contributed by atoms with Gasteiger partial charge in [0.15, 0.2) is 0 Å². The molecule has 0 atom stereocenters. The summed E-state index contributed by atoms with van der Waals surface area (Å²) in [6.45, 7) is 7.49. The van der Waals surface area contributed by atoms with Gasteiger partial charge in [-0.1, -0.05) is 0 Å². The third-order valence-corrected chi connectivity index (χ3v) is 3.65. The number of anilines is 1. The Bertz CT molecular complexity index is 374. The van der Waals surface area contributed by atoms with E-state index in [0.29, 0.717) is 0 Å². The molecule has 0 unspecified atom stereocenters. The van der Waals surface area contributed by atoms with Crippen LogP contribution in [0.15, 0.2) is 0 Å². The summed E-state index contributed by atoms with van der Waals surface area (Å²) in [5, 5.41) is 3.18. The Morgan fingerprint density at radius 3 is 2.28 bits per heavy atom. The van der Waals surface area contributed by atoms with Crippen LogP contribution >= 0.6 is 0 Å². The van der Waals surface area contributed by atoms with Crippen LogP contribution in [0.25, 0.3) is 0 Å². The van der Waals surface area contributed by atoms with E-state index >= 15 is 0 Å². The molecule has 0 amide bonds. The summed E-state index contributed by atoms with van der Waals surface area (Å²) < 4.78 is 0. The van der Waals surface area contributed by atoms with E-state index in [4.69, 9.17) is 0 Å². The molecule has 18 heavy (non-hydrogen) atoms. The lowest BCUT2D eigenvalue weighted by Gasteiger charge is -2.18. The third-order valence-electron chi connectivity index (χ3n) is 3.65. The summed E-state index contributed by atoms with van der Waals surface area (Å²) in [5.74, 6) is 0.930. The second kappa shape index (κ2) is 6.14. The van der Waals surface area contributed by atoms with Crippen LogP contribution in [-0.2, 0) is 6.42 Å². The van der Waals surface area contributed by atoms with Crippen LogP contribution in [0.1, 0.15) is 36.2 Å². The highest BCUT2D eigenvalue weighted by Gasteiger charge is 2.17. The average molecular weight is 248 g/mol. The van der Waals surface area contributed by atoms with Crippen molar-refractivity contribution in [3.8, 4) is 0 Å². The van der Waals surface area contributed by atoms with Crippen molar-refractivity contribution in [2.45, 2.75) is 39.5 Å². The number of aryl methyl sites for hydroxylation is 2. The minimum Gasteiger partial charge on any atom is -0.341 e. The molecule has 0 saturated carbocycles. The van der Waals surface area contributed by atoms with Crippen LogP contribution in [0, 0.1) is 13.8 Å². The van der Waals surface area contributed by atoms with Crippen molar-refractivity contribution in [3.63, 3.8) is 0 Å². The quantitative estimate of drug-likeness (QED) is 0.807. The zero-order valence-corrected chi connectivity index (χ0v) is 11.8. The number of rotatable bonds is 5. The first kappa shape index (κ1) is 13.3. The number of nitrogens with zero attached hydrogens (tertiary/aromatic N) is 3. The Hall–Kier alpha value is -1.16. The van der Waals surface area contributed by atoms with Crippen LogP contribution in [0.4, 0.5) is 5.95 Å². The summed E-state index contributed by atoms with van der Waals surface area (Å²) in [7, 11) is 1.99. The molecule has 1 aromatic heterocycles. The fraction of sp³-hybridized carbons (Fsp3) is 0.714. The number of hydrogen-bond donors (Lipinski definition) is 1. The predicted molar refractivity (Wildman–Crippen MR) is 75.2 cm³/mol. The fourth-order valence-corrected chi connectivity index (χ4v) is 2.58. The zero-order valence-electron chi connectivity index (χ0n) is 11.8. The number of nitrogens with one attached hydrogen (secondary N) is 1.